The van der Waals surface area contributed by atoms with Crippen LogP contribution in [0.3, 0.4) is 0 Å². The minimum Gasteiger partial charge on any atom is -0.341 e. The van der Waals surface area contributed by atoms with Gasteiger partial charge in [0.15, 0.2) is 0 Å². The summed E-state index contributed by atoms with van der Waals surface area (Å²) in [5, 5.41) is 1.69. The standard InChI is InChI=1S/C15H17BrN2O3S2/c1-18(11-12-5-3-2-4-6-12)14(19)7-9-17-23(20,21)15-13(16)8-10-22-15/h2-6,8,10,17H,7,9,11H2,1H3. The van der Waals surface area contributed by atoms with Crippen molar-refractivity contribution in [3.05, 3.63) is 51.8 Å². The zero-order valence-electron chi connectivity index (χ0n) is 12.5. The first-order valence-electron chi connectivity index (χ1n) is 6.90. The molecule has 1 heterocycles. The first kappa shape index (κ1) is 18.1. The van der Waals surface area contributed by atoms with Crippen LogP contribution < -0.4 is 4.72 Å². The normalized spacial score (nSPS) is 11.4. The lowest BCUT2D eigenvalue weighted by Gasteiger charge is -2.17. The first-order valence-corrected chi connectivity index (χ1v) is 10.1. The van der Waals surface area contributed by atoms with Crippen molar-refractivity contribution in [1.29, 1.82) is 0 Å². The van der Waals surface area contributed by atoms with Crippen molar-refractivity contribution in [1.82, 2.24) is 9.62 Å². The maximum Gasteiger partial charge on any atom is 0.251 e. The molecule has 0 aliphatic heterocycles. The van der Waals surface area contributed by atoms with E-state index >= 15 is 0 Å². The summed E-state index contributed by atoms with van der Waals surface area (Å²) in [4.78, 5) is 13.7. The van der Waals surface area contributed by atoms with Gasteiger partial charge in [-0.05, 0) is 32.9 Å². The van der Waals surface area contributed by atoms with Crippen molar-refractivity contribution >= 4 is 43.2 Å². The molecular formula is C15H17BrN2O3S2. The van der Waals surface area contributed by atoms with Gasteiger partial charge in [0.2, 0.25) is 5.91 Å². The molecule has 0 bridgehead atoms. The van der Waals surface area contributed by atoms with Gasteiger partial charge in [0.1, 0.15) is 4.21 Å². The molecule has 0 spiro atoms. The molecule has 124 valence electrons. The third-order valence-electron chi connectivity index (χ3n) is 3.15. The highest BCUT2D eigenvalue weighted by Crippen LogP contribution is 2.27. The largest absolute Gasteiger partial charge is 0.341 e. The number of hydrogen-bond acceptors (Lipinski definition) is 4. The molecule has 0 saturated heterocycles. The molecule has 0 fully saturated rings. The van der Waals surface area contributed by atoms with Crippen LogP contribution in [0.5, 0.6) is 0 Å². The van der Waals surface area contributed by atoms with E-state index in [2.05, 4.69) is 20.7 Å². The summed E-state index contributed by atoms with van der Waals surface area (Å²) in [7, 11) is -1.87. The van der Waals surface area contributed by atoms with Crippen LogP contribution >= 0.6 is 27.3 Å². The van der Waals surface area contributed by atoms with E-state index in [1.54, 1.807) is 23.4 Å². The summed E-state index contributed by atoms with van der Waals surface area (Å²) < 4.78 is 27.4. The van der Waals surface area contributed by atoms with Gasteiger partial charge in [-0.15, -0.1) is 11.3 Å². The molecule has 1 aromatic carbocycles. The SMILES string of the molecule is CN(Cc1ccccc1)C(=O)CCNS(=O)(=O)c1sccc1Br. The fourth-order valence-electron chi connectivity index (χ4n) is 1.97. The van der Waals surface area contributed by atoms with Gasteiger partial charge < -0.3 is 4.90 Å². The van der Waals surface area contributed by atoms with Crippen LogP contribution in [0.15, 0.2) is 50.5 Å². The Morgan fingerprint density at radius 3 is 2.57 bits per heavy atom. The van der Waals surface area contributed by atoms with E-state index in [0.717, 1.165) is 16.9 Å². The van der Waals surface area contributed by atoms with E-state index in [-0.39, 0.29) is 23.1 Å². The number of carbonyl (C=O) groups is 1. The van der Waals surface area contributed by atoms with Gasteiger partial charge in [0.05, 0.1) is 0 Å². The fraction of sp³-hybridized carbons (Fsp3) is 0.267. The van der Waals surface area contributed by atoms with E-state index < -0.39 is 10.0 Å². The highest BCUT2D eigenvalue weighted by molar-refractivity contribution is 9.10. The van der Waals surface area contributed by atoms with Gasteiger partial charge in [-0.1, -0.05) is 30.3 Å². The predicted molar refractivity (Wildman–Crippen MR) is 94.7 cm³/mol. The van der Waals surface area contributed by atoms with Gasteiger partial charge in [-0.2, -0.15) is 0 Å². The van der Waals surface area contributed by atoms with Gasteiger partial charge in [0, 0.05) is 31.0 Å². The summed E-state index contributed by atoms with van der Waals surface area (Å²) in [6, 6.07) is 11.3. The molecule has 8 heteroatoms. The van der Waals surface area contributed by atoms with E-state index in [4.69, 9.17) is 0 Å². The number of hydrogen-bond donors (Lipinski definition) is 1. The summed E-state index contributed by atoms with van der Waals surface area (Å²) in [5.74, 6) is -0.109. The van der Waals surface area contributed by atoms with Gasteiger partial charge in [0.25, 0.3) is 10.0 Å². The van der Waals surface area contributed by atoms with Crippen LogP contribution in [0, 0.1) is 0 Å². The van der Waals surface area contributed by atoms with Gasteiger partial charge in [-0.3, -0.25) is 4.79 Å². The fourth-order valence-corrected chi connectivity index (χ4v) is 5.38. The second kappa shape index (κ2) is 8.05. The second-order valence-corrected chi connectivity index (χ2v) is 8.67. The Morgan fingerprint density at radius 1 is 1.26 bits per heavy atom. The molecule has 2 rings (SSSR count). The van der Waals surface area contributed by atoms with Crippen LogP contribution in [0.1, 0.15) is 12.0 Å². The Hall–Kier alpha value is -1.22. The van der Waals surface area contributed by atoms with Crippen LogP contribution in [-0.2, 0) is 21.4 Å². The number of nitrogens with zero attached hydrogens (tertiary/aromatic N) is 1. The van der Waals surface area contributed by atoms with E-state index in [0.29, 0.717) is 11.0 Å². The molecule has 0 aliphatic carbocycles. The molecule has 0 saturated carbocycles. The van der Waals surface area contributed by atoms with Crippen LogP contribution in [-0.4, -0.2) is 32.8 Å². The number of rotatable bonds is 7. The average Bonchev–Trinajstić information content (AvgIpc) is 2.95. The topological polar surface area (TPSA) is 66.5 Å². The Balaban J connectivity index is 1.84. The number of halogens is 1. The highest BCUT2D eigenvalue weighted by atomic mass is 79.9. The third kappa shape index (κ3) is 5.13. The maximum atomic E-state index is 12.1. The number of benzene rings is 1. The zero-order chi connectivity index (χ0) is 16.9. The minimum atomic E-state index is -3.58. The van der Waals surface area contributed by atoms with E-state index in [1.165, 1.54) is 0 Å². The summed E-state index contributed by atoms with van der Waals surface area (Å²) in [6.07, 6.45) is 0.117. The monoisotopic (exact) mass is 416 g/mol. The van der Waals surface area contributed by atoms with Crippen LogP contribution in [0.25, 0.3) is 0 Å². The van der Waals surface area contributed by atoms with Crippen molar-refractivity contribution in [2.24, 2.45) is 0 Å². The Bertz CT molecular complexity index is 760. The van der Waals surface area contributed by atoms with E-state index in [9.17, 15) is 13.2 Å². The van der Waals surface area contributed by atoms with Crippen molar-refractivity contribution in [3.63, 3.8) is 0 Å². The second-order valence-electron chi connectivity index (χ2n) is 4.94. The van der Waals surface area contributed by atoms with Gasteiger partial charge in [-0.25, -0.2) is 13.1 Å². The van der Waals surface area contributed by atoms with Crippen molar-refractivity contribution < 1.29 is 13.2 Å². The lowest BCUT2D eigenvalue weighted by Crippen LogP contribution is -2.31. The quantitative estimate of drug-likeness (QED) is 0.754. The number of carbonyl (C=O) groups excluding carboxylic acids is 1. The Morgan fingerprint density at radius 2 is 1.96 bits per heavy atom. The lowest BCUT2D eigenvalue weighted by atomic mass is 10.2. The molecule has 23 heavy (non-hydrogen) atoms. The molecule has 1 aromatic heterocycles. The first-order chi connectivity index (χ1) is 10.9. The number of sulfonamides is 1. The molecule has 0 unspecified atom stereocenters. The molecule has 0 atom stereocenters. The predicted octanol–water partition coefficient (Wildman–Crippen LogP) is 2.84. The van der Waals surface area contributed by atoms with Crippen molar-refractivity contribution in [2.45, 2.75) is 17.2 Å². The van der Waals surface area contributed by atoms with Crippen molar-refractivity contribution in [3.8, 4) is 0 Å². The number of thiophene rings is 1. The van der Waals surface area contributed by atoms with Crippen LogP contribution in [0.4, 0.5) is 0 Å². The summed E-state index contributed by atoms with van der Waals surface area (Å²) >= 11 is 4.33. The molecule has 0 aliphatic rings. The molecule has 5 nitrogen and oxygen atoms in total. The minimum absolute atomic E-state index is 0.0740. The number of amides is 1. The Kier molecular flexibility index (Phi) is 6.34. The Labute approximate surface area is 148 Å². The van der Waals surface area contributed by atoms with Crippen LogP contribution in [0.2, 0.25) is 0 Å². The summed E-state index contributed by atoms with van der Waals surface area (Å²) in [5.41, 5.74) is 1.03. The van der Waals surface area contributed by atoms with Gasteiger partial charge >= 0.3 is 0 Å². The molecule has 2 aromatic rings. The highest BCUT2D eigenvalue weighted by Gasteiger charge is 2.19. The average molecular weight is 417 g/mol. The lowest BCUT2D eigenvalue weighted by molar-refractivity contribution is -0.130. The summed E-state index contributed by atoms with van der Waals surface area (Å²) in [6.45, 7) is 0.577. The maximum absolute atomic E-state index is 12.1. The van der Waals surface area contributed by atoms with Crippen molar-refractivity contribution in [2.75, 3.05) is 13.6 Å². The smallest absolute Gasteiger partial charge is 0.251 e. The molecular weight excluding hydrogens is 400 g/mol. The molecule has 0 radical (unpaired) electrons. The third-order valence-corrected chi connectivity index (χ3v) is 7.28. The molecule has 1 amide bonds. The molecule has 1 N–H and O–H groups in total. The number of nitrogens with one attached hydrogen (secondary N) is 1. The zero-order valence-corrected chi connectivity index (χ0v) is 15.7. The van der Waals surface area contributed by atoms with E-state index in [1.807, 2.05) is 30.3 Å².